The van der Waals surface area contributed by atoms with E-state index < -0.39 is 10.0 Å². The summed E-state index contributed by atoms with van der Waals surface area (Å²) in [6.07, 6.45) is 0.584. The summed E-state index contributed by atoms with van der Waals surface area (Å²) in [7, 11) is -3.58. The van der Waals surface area contributed by atoms with Crippen molar-refractivity contribution in [2.45, 2.75) is 18.2 Å². The number of sulfonamides is 1. The predicted molar refractivity (Wildman–Crippen MR) is 156 cm³/mol. The molecule has 1 aliphatic rings. The topological polar surface area (TPSA) is 84.2 Å². The van der Waals surface area contributed by atoms with Crippen LogP contribution in [-0.2, 0) is 16.4 Å². The third-order valence-electron chi connectivity index (χ3n) is 6.92. The number of halogens is 1. The van der Waals surface area contributed by atoms with Crippen LogP contribution >= 0.6 is 15.9 Å². The number of aromatic nitrogens is 4. The normalized spacial score (nSPS) is 14.7. The van der Waals surface area contributed by atoms with E-state index in [0.29, 0.717) is 43.3 Å². The van der Waals surface area contributed by atoms with Gasteiger partial charge in [-0.3, -0.25) is 0 Å². The van der Waals surface area contributed by atoms with Crippen LogP contribution in [0, 0.1) is 6.92 Å². The van der Waals surface area contributed by atoms with E-state index in [1.54, 1.807) is 28.6 Å². The summed E-state index contributed by atoms with van der Waals surface area (Å²) in [5, 5.41) is 5.73. The molecule has 0 bridgehead atoms. The van der Waals surface area contributed by atoms with Gasteiger partial charge in [0.25, 0.3) is 0 Å². The Morgan fingerprint density at radius 3 is 2.13 bits per heavy atom. The monoisotopic (exact) mass is 602 g/mol. The lowest BCUT2D eigenvalue weighted by molar-refractivity contribution is 0.384. The Morgan fingerprint density at radius 1 is 0.821 bits per heavy atom. The number of fused-ring (bicyclic) bond motifs is 1. The maximum absolute atomic E-state index is 13.3. The molecule has 6 rings (SSSR count). The molecule has 5 aromatic rings. The highest BCUT2D eigenvalue weighted by Crippen LogP contribution is 2.31. The van der Waals surface area contributed by atoms with Gasteiger partial charge >= 0.3 is 0 Å². The molecule has 1 aliphatic heterocycles. The van der Waals surface area contributed by atoms with E-state index in [9.17, 15) is 8.42 Å². The molecule has 10 heteroatoms. The molecule has 3 aromatic carbocycles. The number of hydrogen-bond donors (Lipinski definition) is 0. The fourth-order valence-electron chi connectivity index (χ4n) is 4.94. The first kappa shape index (κ1) is 25.7. The summed E-state index contributed by atoms with van der Waals surface area (Å²) >= 11 is 3.38. The van der Waals surface area contributed by atoms with Gasteiger partial charge in [0.2, 0.25) is 10.0 Å². The quantitative estimate of drug-likeness (QED) is 0.272. The molecule has 198 valence electrons. The van der Waals surface area contributed by atoms with Gasteiger partial charge in [-0.2, -0.15) is 9.40 Å². The Morgan fingerprint density at radius 2 is 1.46 bits per heavy atom. The van der Waals surface area contributed by atoms with E-state index in [0.717, 1.165) is 38.3 Å². The maximum Gasteiger partial charge on any atom is 0.243 e. The summed E-state index contributed by atoms with van der Waals surface area (Å²) in [5.74, 6) is 1.50. The van der Waals surface area contributed by atoms with Gasteiger partial charge in [-0.1, -0.05) is 64.5 Å². The van der Waals surface area contributed by atoms with E-state index >= 15 is 0 Å². The molecule has 3 heterocycles. The van der Waals surface area contributed by atoms with Gasteiger partial charge in [-0.15, -0.1) is 0 Å². The lowest BCUT2D eigenvalue weighted by atomic mass is 10.1. The van der Waals surface area contributed by atoms with Crippen LogP contribution in [0.1, 0.15) is 17.1 Å². The van der Waals surface area contributed by atoms with Gasteiger partial charge in [0.05, 0.1) is 21.7 Å². The Kier molecular flexibility index (Phi) is 6.92. The number of nitrogens with zero attached hydrogens (tertiary/aromatic N) is 6. The molecule has 2 aromatic heterocycles. The molecule has 39 heavy (non-hydrogen) atoms. The summed E-state index contributed by atoms with van der Waals surface area (Å²) < 4.78 is 30.8. The molecule has 0 unspecified atom stereocenters. The fourth-order valence-corrected chi connectivity index (χ4v) is 6.62. The summed E-state index contributed by atoms with van der Waals surface area (Å²) in [5.41, 5.74) is 3.63. The minimum absolute atomic E-state index is 0.300. The second-order valence-electron chi connectivity index (χ2n) is 9.50. The zero-order chi connectivity index (χ0) is 27.0. The van der Waals surface area contributed by atoms with Crippen molar-refractivity contribution in [1.82, 2.24) is 24.1 Å². The average Bonchev–Trinajstić information content (AvgIpc) is 3.30. The third kappa shape index (κ3) is 5.07. The maximum atomic E-state index is 13.3. The number of hydrogen-bond acceptors (Lipinski definition) is 6. The Labute approximate surface area is 236 Å². The first-order chi connectivity index (χ1) is 18.9. The van der Waals surface area contributed by atoms with Crippen LogP contribution in [0.5, 0.6) is 0 Å². The highest BCUT2D eigenvalue weighted by atomic mass is 79.9. The Balaban J connectivity index is 1.37. The van der Waals surface area contributed by atoms with Crippen molar-refractivity contribution in [1.29, 1.82) is 0 Å². The van der Waals surface area contributed by atoms with Gasteiger partial charge in [0, 0.05) is 37.1 Å². The molecule has 0 N–H and O–H groups in total. The third-order valence-corrected chi connectivity index (χ3v) is 9.37. The molecular formula is C29H27BrN6O2S. The van der Waals surface area contributed by atoms with E-state index in [1.165, 1.54) is 0 Å². The van der Waals surface area contributed by atoms with E-state index in [1.807, 2.05) is 60.1 Å². The standard InChI is InChI=1S/C29H27BrN6O2S/c1-21-27-28(34-16-18-35(19-17-34)39(37,38)25-14-12-23(30)13-15-25)31-26(20-22-8-4-2-5-9-22)32-29(27)36(33-21)24-10-6-3-7-11-24/h2-15H,16-20H2,1H3. The van der Waals surface area contributed by atoms with Crippen LogP contribution in [-0.4, -0.2) is 58.7 Å². The fraction of sp³-hybridized carbons (Fsp3) is 0.207. The molecule has 0 radical (unpaired) electrons. The number of benzene rings is 3. The molecule has 8 nitrogen and oxygen atoms in total. The molecule has 1 fully saturated rings. The van der Waals surface area contributed by atoms with Crippen LogP contribution in [0.4, 0.5) is 5.82 Å². The van der Waals surface area contributed by atoms with Gasteiger partial charge in [-0.25, -0.2) is 23.1 Å². The van der Waals surface area contributed by atoms with Crippen LogP contribution in [0.15, 0.2) is 94.3 Å². The van der Waals surface area contributed by atoms with Crippen molar-refractivity contribution in [2.75, 3.05) is 31.1 Å². The van der Waals surface area contributed by atoms with Crippen LogP contribution in [0.25, 0.3) is 16.7 Å². The van der Waals surface area contributed by atoms with E-state index in [-0.39, 0.29) is 0 Å². The first-order valence-corrected chi connectivity index (χ1v) is 15.0. The van der Waals surface area contributed by atoms with Crippen LogP contribution in [0.3, 0.4) is 0 Å². The second kappa shape index (κ2) is 10.5. The highest BCUT2D eigenvalue weighted by molar-refractivity contribution is 9.10. The van der Waals surface area contributed by atoms with Crippen molar-refractivity contribution in [3.8, 4) is 5.69 Å². The molecule has 0 atom stereocenters. The SMILES string of the molecule is Cc1nn(-c2ccccc2)c2nc(Cc3ccccc3)nc(N3CCN(S(=O)(=O)c4ccc(Br)cc4)CC3)c12. The van der Waals surface area contributed by atoms with Crippen molar-refractivity contribution < 1.29 is 8.42 Å². The molecule has 1 saturated heterocycles. The molecule has 0 saturated carbocycles. The van der Waals surface area contributed by atoms with Crippen molar-refractivity contribution >= 4 is 42.8 Å². The van der Waals surface area contributed by atoms with Gasteiger partial charge in [0.1, 0.15) is 11.6 Å². The molecular weight excluding hydrogens is 576 g/mol. The van der Waals surface area contributed by atoms with Crippen molar-refractivity contribution in [3.05, 3.63) is 106 Å². The number of anilines is 1. The highest BCUT2D eigenvalue weighted by Gasteiger charge is 2.31. The number of rotatable bonds is 6. The smallest absolute Gasteiger partial charge is 0.243 e. The summed E-state index contributed by atoms with van der Waals surface area (Å²) in [6, 6.07) is 26.9. The lowest BCUT2D eigenvalue weighted by Crippen LogP contribution is -2.49. The zero-order valence-corrected chi connectivity index (χ0v) is 23.8. The van der Waals surface area contributed by atoms with Gasteiger partial charge in [0.15, 0.2) is 5.65 Å². The lowest BCUT2D eigenvalue weighted by Gasteiger charge is -2.35. The minimum atomic E-state index is -3.58. The molecule has 0 aliphatic carbocycles. The van der Waals surface area contributed by atoms with E-state index in [4.69, 9.17) is 15.1 Å². The second-order valence-corrected chi connectivity index (χ2v) is 12.4. The number of piperazine rings is 1. The molecule has 0 amide bonds. The Bertz CT molecular complexity index is 1720. The average molecular weight is 604 g/mol. The van der Waals surface area contributed by atoms with E-state index in [2.05, 4.69) is 33.0 Å². The van der Waals surface area contributed by atoms with Crippen LogP contribution in [0.2, 0.25) is 0 Å². The van der Waals surface area contributed by atoms with Crippen molar-refractivity contribution in [2.24, 2.45) is 0 Å². The largest absolute Gasteiger partial charge is 0.353 e. The van der Waals surface area contributed by atoms with Gasteiger partial charge < -0.3 is 4.90 Å². The summed E-state index contributed by atoms with van der Waals surface area (Å²) in [6.45, 7) is 3.73. The number of aryl methyl sites for hydroxylation is 1. The molecule has 0 spiro atoms. The predicted octanol–water partition coefficient (Wildman–Crippen LogP) is 4.99. The zero-order valence-electron chi connectivity index (χ0n) is 21.4. The first-order valence-electron chi connectivity index (χ1n) is 12.8. The summed E-state index contributed by atoms with van der Waals surface area (Å²) in [4.78, 5) is 12.5. The van der Waals surface area contributed by atoms with Gasteiger partial charge in [-0.05, 0) is 48.9 Å². The minimum Gasteiger partial charge on any atom is -0.353 e. The van der Waals surface area contributed by atoms with Crippen LogP contribution < -0.4 is 4.90 Å². The van der Waals surface area contributed by atoms with Crippen molar-refractivity contribution in [3.63, 3.8) is 0 Å². The Hall–Kier alpha value is -3.60. The number of para-hydroxylation sites is 1.